The molecule has 2 aromatic carbocycles. The van der Waals surface area contributed by atoms with Gasteiger partial charge in [-0.1, -0.05) is 12.1 Å². The number of halogens is 3. The number of anilines is 2. The molecule has 9 nitrogen and oxygen atoms in total. The van der Waals surface area contributed by atoms with E-state index in [9.17, 15) is 27.6 Å². The number of nitrogen functional groups attached to an aromatic ring is 1. The summed E-state index contributed by atoms with van der Waals surface area (Å²) in [6.45, 7) is 7.23. The van der Waals surface area contributed by atoms with E-state index < -0.39 is 30.1 Å². The van der Waals surface area contributed by atoms with Crippen LogP contribution < -0.4 is 27.0 Å². The predicted molar refractivity (Wildman–Crippen MR) is 138 cm³/mol. The number of aryl methyl sites for hydroxylation is 1. The Bertz CT molecular complexity index is 1190. The number of nitrogens with one attached hydrogen (secondary N) is 4. The summed E-state index contributed by atoms with van der Waals surface area (Å²) in [4.78, 5) is 38.9. The van der Waals surface area contributed by atoms with Crippen LogP contribution in [0.1, 0.15) is 47.3 Å². The molecule has 2 aromatic rings. The molecule has 12 heteroatoms. The van der Waals surface area contributed by atoms with E-state index in [4.69, 9.17) is 5.73 Å². The third-order valence-electron chi connectivity index (χ3n) is 6.05. The monoisotopic (exact) mass is 534 g/mol. The van der Waals surface area contributed by atoms with Crippen molar-refractivity contribution in [1.82, 2.24) is 20.9 Å². The summed E-state index contributed by atoms with van der Waals surface area (Å²) < 4.78 is 38.8. The highest BCUT2D eigenvalue weighted by Gasteiger charge is 2.31. The fourth-order valence-electron chi connectivity index (χ4n) is 4.14. The van der Waals surface area contributed by atoms with Crippen LogP contribution in [-0.2, 0) is 17.5 Å². The van der Waals surface area contributed by atoms with Crippen LogP contribution in [0.15, 0.2) is 36.4 Å². The molecule has 4 amide bonds. The number of urea groups is 1. The van der Waals surface area contributed by atoms with Gasteiger partial charge in [-0.25, -0.2) is 4.79 Å². The Morgan fingerprint density at radius 2 is 1.87 bits per heavy atom. The summed E-state index contributed by atoms with van der Waals surface area (Å²) in [6.07, 6.45) is -3.92. The minimum absolute atomic E-state index is 0.0160. The topological polar surface area (TPSA) is 129 Å². The first kappa shape index (κ1) is 28.8. The van der Waals surface area contributed by atoms with Gasteiger partial charge >= 0.3 is 12.2 Å². The molecule has 206 valence electrons. The molecule has 1 saturated heterocycles. The predicted octanol–water partition coefficient (Wildman–Crippen LogP) is 3.25. The van der Waals surface area contributed by atoms with Crippen LogP contribution in [0, 0.1) is 6.92 Å². The SMILES string of the molecule is Cc1ccc(CN2CC[C@H](NC(=O)CNC(=O)c3cc(C(F)(F)F)ccc3N)C2)cc1NC(=O)NC(C)C. The van der Waals surface area contributed by atoms with Crippen LogP contribution in [0.2, 0.25) is 0 Å². The number of rotatable bonds is 8. The zero-order valence-electron chi connectivity index (χ0n) is 21.5. The van der Waals surface area contributed by atoms with Crippen molar-refractivity contribution in [3.05, 3.63) is 58.7 Å². The van der Waals surface area contributed by atoms with Crippen LogP contribution >= 0.6 is 0 Å². The lowest BCUT2D eigenvalue weighted by Crippen LogP contribution is -2.43. The molecule has 0 saturated carbocycles. The number of hydrogen-bond acceptors (Lipinski definition) is 5. The smallest absolute Gasteiger partial charge is 0.398 e. The molecule has 1 fully saturated rings. The molecular weight excluding hydrogens is 501 g/mol. The minimum atomic E-state index is -4.62. The molecule has 0 bridgehead atoms. The average Bonchev–Trinajstić information content (AvgIpc) is 3.25. The maximum atomic E-state index is 12.9. The van der Waals surface area contributed by atoms with E-state index in [2.05, 4.69) is 26.2 Å². The Balaban J connectivity index is 1.49. The van der Waals surface area contributed by atoms with Gasteiger partial charge in [0.25, 0.3) is 5.91 Å². The van der Waals surface area contributed by atoms with Gasteiger partial charge in [-0.15, -0.1) is 0 Å². The first-order chi connectivity index (χ1) is 17.8. The van der Waals surface area contributed by atoms with E-state index in [1.807, 2.05) is 39.0 Å². The number of carbonyl (C=O) groups is 3. The molecule has 38 heavy (non-hydrogen) atoms. The Kier molecular flexibility index (Phi) is 9.21. The van der Waals surface area contributed by atoms with Crippen LogP contribution in [0.4, 0.5) is 29.3 Å². The molecule has 1 heterocycles. The van der Waals surface area contributed by atoms with E-state index in [-0.39, 0.29) is 29.4 Å². The average molecular weight is 535 g/mol. The van der Waals surface area contributed by atoms with Crippen molar-refractivity contribution in [1.29, 1.82) is 0 Å². The number of nitrogens with zero attached hydrogens (tertiary/aromatic N) is 1. The molecule has 0 radical (unpaired) electrons. The Morgan fingerprint density at radius 1 is 1.13 bits per heavy atom. The van der Waals surface area contributed by atoms with E-state index in [0.717, 1.165) is 35.5 Å². The van der Waals surface area contributed by atoms with Gasteiger partial charge in [0.2, 0.25) is 5.91 Å². The number of alkyl halides is 3. The highest BCUT2D eigenvalue weighted by atomic mass is 19.4. The largest absolute Gasteiger partial charge is 0.416 e. The van der Waals surface area contributed by atoms with Gasteiger partial charge in [0.1, 0.15) is 0 Å². The van der Waals surface area contributed by atoms with Crippen molar-refractivity contribution >= 4 is 29.2 Å². The van der Waals surface area contributed by atoms with Crippen LogP contribution in [-0.4, -0.2) is 54.5 Å². The Morgan fingerprint density at radius 3 is 2.55 bits per heavy atom. The molecular formula is C26H33F3N6O3. The van der Waals surface area contributed by atoms with Crippen molar-refractivity contribution in [2.75, 3.05) is 30.7 Å². The van der Waals surface area contributed by atoms with Crippen molar-refractivity contribution in [3.8, 4) is 0 Å². The number of benzene rings is 2. The zero-order valence-corrected chi connectivity index (χ0v) is 21.5. The summed E-state index contributed by atoms with van der Waals surface area (Å²) in [5.41, 5.74) is 6.87. The van der Waals surface area contributed by atoms with Gasteiger partial charge in [0.15, 0.2) is 0 Å². The maximum absolute atomic E-state index is 12.9. The van der Waals surface area contributed by atoms with Crippen molar-refractivity contribution in [3.63, 3.8) is 0 Å². The molecule has 1 aliphatic rings. The number of hydrogen-bond donors (Lipinski definition) is 5. The first-order valence-electron chi connectivity index (χ1n) is 12.3. The van der Waals surface area contributed by atoms with Crippen LogP contribution in [0.3, 0.4) is 0 Å². The highest BCUT2D eigenvalue weighted by molar-refractivity contribution is 6.00. The third-order valence-corrected chi connectivity index (χ3v) is 6.05. The highest BCUT2D eigenvalue weighted by Crippen LogP contribution is 2.31. The van der Waals surface area contributed by atoms with Gasteiger partial charge in [0.05, 0.1) is 17.7 Å². The Hall–Kier alpha value is -3.80. The quantitative estimate of drug-likeness (QED) is 0.332. The maximum Gasteiger partial charge on any atom is 0.416 e. The summed E-state index contributed by atoms with van der Waals surface area (Å²) >= 11 is 0. The zero-order chi connectivity index (χ0) is 28.0. The molecule has 1 aliphatic heterocycles. The standard InChI is InChI=1S/C26H33F3N6O3/c1-15(2)32-25(38)34-22-10-17(5-4-16(22)3)13-35-9-8-19(14-35)33-23(36)12-31-24(37)20-11-18(26(27,28)29)6-7-21(20)30/h4-7,10-11,15,19H,8-9,12-14,30H2,1-3H3,(H,31,37)(H,33,36)(H2,32,34,38)/t19-/m0/s1. The van der Waals surface area contributed by atoms with E-state index in [0.29, 0.717) is 25.6 Å². The number of carbonyl (C=O) groups excluding carboxylic acids is 3. The van der Waals surface area contributed by atoms with Gasteiger partial charge < -0.3 is 27.0 Å². The van der Waals surface area contributed by atoms with Crippen LogP contribution in [0.5, 0.6) is 0 Å². The van der Waals surface area contributed by atoms with Crippen molar-refractivity contribution < 1.29 is 27.6 Å². The lowest BCUT2D eigenvalue weighted by atomic mass is 10.1. The van der Waals surface area contributed by atoms with Crippen molar-refractivity contribution in [2.45, 2.75) is 52.0 Å². The summed E-state index contributed by atoms with van der Waals surface area (Å²) in [6, 6.07) is 7.93. The molecule has 3 rings (SSSR count). The molecule has 6 N–H and O–H groups in total. The third kappa shape index (κ3) is 8.10. The summed E-state index contributed by atoms with van der Waals surface area (Å²) in [5, 5.41) is 10.8. The number of amides is 4. The molecule has 0 unspecified atom stereocenters. The van der Waals surface area contributed by atoms with Gasteiger partial charge in [-0.3, -0.25) is 14.5 Å². The second-order valence-electron chi connectivity index (χ2n) is 9.67. The summed E-state index contributed by atoms with van der Waals surface area (Å²) in [5.74, 6) is -1.31. The van der Waals surface area contributed by atoms with Gasteiger partial charge in [-0.2, -0.15) is 13.2 Å². The van der Waals surface area contributed by atoms with E-state index in [1.54, 1.807) is 0 Å². The Labute approximate surface area is 219 Å². The molecule has 1 atom stereocenters. The molecule has 0 spiro atoms. The van der Waals surface area contributed by atoms with Gasteiger partial charge in [0, 0.05) is 43.1 Å². The summed E-state index contributed by atoms with van der Waals surface area (Å²) in [7, 11) is 0. The van der Waals surface area contributed by atoms with Crippen LogP contribution in [0.25, 0.3) is 0 Å². The second-order valence-corrected chi connectivity index (χ2v) is 9.67. The normalized spacial score (nSPS) is 15.8. The van der Waals surface area contributed by atoms with Gasteiger partial charge in [-0.05, 0) is 62.6 Å². The minimum Gasteiger partial charge on any atom is -0.398 e. The van der Waals surface area contributed by atoms with E-state index in [1.165, 1.54) is 0 Å². The molecule has 0 aromatic heterocycles. The lowest BCUT2D eigenvalue weighted by Gasteiger charge is -2.18. The lowest BCUT2D eigenvalue weighted by molar-refractivity contribution is -0.137. The fraction of sp³-hybridized carbons (Fsp3) is 0.423. The molecule has 0 aliphatic carbocycles. The fourth-order valence-corrected chi connectivity index (χ4v) is 4.14. The first-order valence-corrected chi connectivity index (χ1v) is 12.3. The van der Waals surface area contributed by atoms with Crippen molar-refractivity contribution in [2.24, 2.45) is 0 Å². The second kappa shape index (κ2) is 12.2. The number of likely N-dealkylation sites (tertiary alicyclic amines) is 1. The van der Waals surface area contributed by atoms with E-state index >= 15 is 0 Å². The number of nitrogens with two attached hydrogens (primary N) is 1.